The molecule has 0 atom stereocenters. The number of nitrogens with zero attached hydrogens (tertiary/aromatic N) is 1. The van der Waals surface area contributed by atoms with Gasteiger partial charge in [-0.1, -0.05) is 30.3 Å². The standard InChI is InChI=1S/C12H13NO2S2/c14-17(15,10-12-13-7-8-16-12)9-6-11-4-2-1-3-5-11/h1-6,9H,7-8,10H2/b9-6+. The highest BCUT2D eigenvalue weighted by Gasteiger charge is 2.15. The van der Waals surface area contributed by atoms with Crippen LogP contribution in [-0.2, 0) is 9.84 Å². The van der Waals surface area contributed by atoms with Gasteiger partial charge in [-0.2, -0.15) is 0 Å². The molecule has 5 heteroatoms. The highest BCUT2D eigenvalue weighted by atomic mass is 32.2. The van der Waals surface area contributed by atoms with Crippen molar-refractivity contribution in [3.8, 4) is 0 Å². The van der Waals surface area contributed by atoms with Gasteiger partial charge in [-0.3, -0.25) is 4.99 Å². The van der Waals surface area contributed by atoms with E-state index >= 15 is 0 Å². The van der Waals surface area contributed by atoms with Crippen LogP contribution >= 0.6 is 11.8 Å². The van der Waals surface area contributed by atoms with E-state index in [4.69, 9.17) is 0 Å². The van der Waals surface area contributed by atoms with E-state index < -0.39 is 9.84 Å². The minimum Gasteiger partial charge on any atom is -0.281 e. The van der Waals surface area contributed by atoms with Crippen LogP contribution in [0.15, 0.2) is 40.7 Å². The van der Waals surface area contributed by atoms with Crippen molar-refractivity contribution in [1.29, 1.82) is 0 Å². The van der Waals surface area contributed by atoms with E-state index in [-0.39, 0.29) is 5.75 Å². The van der Waals surface area contributed by atoms with Crippen molar-refractivity contribution in [2.45, 2.75) is 0 Å². The summed E-state index contributed by atoms with van der Waals surface area (Å²) in [5, 5.41) is 1.99. The van der Waals surface area contributed by atoms with E-state index in [1.165, 1.54) is 17.2 Å². The molecule has 2 rings (SSSR count). The maximum Gasteiger partial charge on any atom is 0.177 e. The van der Waals surface area contributed by atoms with Crippen molar-refractivity contribution in [3.63, 3.8) is 0 Å². The summed E-state index contributed by atoms with van der Waals surface area (Å²) in [5.74, 6) is 0.925. The molecular weight excluding hydrogens is 254 g/mol. The molecule has 17 heavy (non-hydrogen) atoms. The number of benzene rings is 1. The Morgan fingerprint density at radius 3 is 2.71 bits per heavy atom. The summed E-state index contributed by atoms with van der Waals surface area (Å²) in [7, 11) is -3.20. The van der Waals surface area contributed by atoms with Gasteiger partial charge in [-0.25, -0.2) is 8.42 Å². The van der Waals surface area contributed by atoms with Gasteiger partial charge >= 0.3 is 0 Å². The third-order valence-corrected chi connectivity index (χ3v) is 4.64. The van der Waals surface area contributed by atoms with Gasteiger partial charge in [0.1, 0.15) is 5.75 Å². The Labute approximate surface area is 106 Å². The molecule has 0 unspecified atom stereocenters. The Morgan fingerprint density at radius 2 is 2.06 bits per heavy atom. The molecule has 0 spiro atoms. The van der Waals surface area contributed by atoms with Gasteiger partial charge in [0.05, 0.1) is 5.04 Å². The van der Waals surface area contributed by atoms with Crippen LogP contribution in [0, 0.1) is 0 Å². The maximum absolute atomic E-state index is 11.8. The number of sulfone groups is 1. The molecule has 0 radical (unpaired) electrons. The molecule has 1 aliphatic heterocycles. The van der Waals surface area contributed by atoms with Gasteiger partial charge < -0.3 is 0 Å². The normalized spacial score (nSPS) is 16.4. The summed E-state index contributed by atoms with van der Waals surface area (Å²) in [6, 6.07) is 9.39. The third-order valence-electron chi connectivity index (χ3n) is 2.24. The summed E-state index contributed by atoms with van der Waals surface area (Å²) in [5.41, 5.74) is 0.886. The van der Waals surface area contributed by atoms with Gasteiger partial charge in [0.25, 0.3) is 0 Å². The lowest BCUT2D eigenvalue weighted by molar-refractivity contribution is 0.608. The summed E-state index contributed by atoms with van der Waals surface area (Å²) >= 11 is 1.53. The lowest BCUT2D eigenvalue weighted by Gasteiger charge is -1.98. The van der Waals surface area contributed by atoms with Crippen LogP contribution in [0.3, 0.4) is 0 Å². The van der Waals surface area contributed by atoms with Gasteiger partial charge in [0, 0.05) is 17.7 Å². The van der Waals surface area contributed by atoms with Crippen molar-refractivity contribution < 1.29 is 8.42 Å². The van der Waals surface area contributed by atoms with Crippen molar-refractivity contribution in [1.82, 2.24) is 0 Å². The fourth-order valence-corrected chi connectivity index (χ4v) is 3.76. The SMILES string of the molecule is O=S(=O)(/C=C/c1ccccc1)CC1=NCCS1. The van der Waals surface area contributed by atoms with E-state index in [0.717, 1.165) is 22.9 Å². The molecule has 1 aromatic rings. The predicted octanol–water partition coefficient (Wildman–Crippen LogP) is 2.22. The monoisotopic (exact) mass is 267 g/mol. The molecule has 3 nitrogen and oxygen atoms in total. The average Bonchev–Trinajstić information content (AvgIpc) is 2.80. The first-order valence-corrected chi connectivity index (χ1v) is 7.98. The minimum atomic E-state index is -3.20. The van der Waals surface area contributed by atoms with E-state index in [1.807, 2.05) is 30.3 Å². The molecule has 0 saturated heterocycles. The first kappa shape index (κ1) is 12.4. The zero-order valence-corrected chi connectivity index (χ0v) is 10.9. The van der Waals surface area contributed by atoms with Gasteiger partial charge in [0.2, 0.25) is 0 Å². The molecule has 1 aromatic carbocycles. The number of hydrogen-bond acceptors (Lipinski definition) is 4. The summed E-state index contributed by atoms with van der Waals surface area (Å²) in [6.07, 6.45) is 1.62. The lowest BCUT2D eigenvalue weighted by Crippen LogP contribution is -2.09. The van der Waals surface area contributed by atoms with Crippen LogP contribution in [0.4, 0.5) is 0 Å². The van der Waals surface area contributed by atoms with E-state index in [2.05, 4.69) is 4.99 Å². The average molecular weight is 267 g/mol. The first-order chi connectivity index (χ1) is 8.16. The Hall–Kier alpha value is -1.07. The number of rotatable bonds is 4. The second kappa shape index (κ2) is 5.51. The summed E-state index contributed by atoms with van der Waals surface area (Å²) in [6.45, 7) is 0.734. The topological polar surface area (TPSA) is 46.5 Å². The number of hydrogen-bond donors (Lipinski definition) is 0. The second-order valence-corrected chi connectivity index (χ2v) is 6.70. The zero-order valence-electron chi connectivity index (χ0n) is 9.24. The molecule has 1 heterocycles. The Kier molecular flexibility index (Phi) is 4.02. The van der Waals surface area contributed by atoms with Crippen LogP contribution in [0.2, 0.25) is 0 Å². The van der Waals surface area contributed by atoms with Gasteiger partial charge in [-0.05, 0) is 11.6 Å². The lowest BCUT2D eigenvalue weighted by atomic mass is 10.2. The Morgan fingerprint density at radius 1 is 1.29 bits per heavy atom. The molecule has 0 amide bonds. The molecule has 1 aliphatic rings. The van der Waals surface area contributed by atoms with Gasteiger partial charge in [-0.15, -0.1) is 11.8 Å². The zero-order chi connectivity index (χ0) is 12.1. The molecule has 0 aliphatic carbocycles. The number of aliphatic imine (C=N–C) groups is 1. The molecule has 0 fully saturated rings. The quantitative estimate of drug-likeness (QED) is 0.840. The van der Waals surface area contributed by atoms with E-state index in [0.29, 0.717) is 0 Å². The third kappa shape index (κ3) is 4.02. The highest BCUT2D eigenvalue weighted by molar-refractivity contribution is 8.15. The van der Waals surface area contributed by atoms with E-state index in [1.54, 1.807) is 6.08 Å². The van der Waals surface area contributed by atoms with Crippen LogP contribution in [-0.4, -0.2) is 31.5 Å². The number of thioether (sulfide) groups is 1. The van der Waals surface area contributed by atoms with Crippen molar-refractivity contribution in [2.24, 2.45) is 4.99 Å². The molecule has 90 valence electrons. The van der Waals surface area contributed by atoms with Crippen LogP contribution in [0.1, 0.15) is 5.56 Å². The van der Waals surface area contributed by atoms with Crippen LogP contribution in [0.25, 0.3) is 6.08 Å². The fraction of sp³-hybridized carbons (Fsp3) is 0.250. The minimum absolute atomic E-state index is 0.0288. The van der Waals surface area contributed by atoms with Crippen molar-refractivity contribution >= 4 is 32.7 Å². The van der Waals surface area contributed by atoms with Crippen LogP contribution in [0.5, 0.6) is 0 Å². The van der Waals surface area contributed by atoms with Crippen molar-refractivity contribution in [2.75, 3.05) is 18.1 Å². The Bertz CT molecular complexity index is 533. The molecule has 0 bridgehead atoms. The maximum atomic E-state index is 11.8. The molecule has 0 N–H and O–H groups in total. The predicted molar refractivity (Wildman–Crippen MR) is 74.0 cm³/mol. The first-order valence-electron chi connectivity index (χ1n) is 5.28. The second-order valence-electron chi connectivity index (χ2n) is 3.64. The van der Waals surface area contributed by atoms with E-state index in [9.17, 15) is 8.42 Å². The Balaban J connectivity index is 2.04. The van der Waals surface area contributed by atoms with Crippen LogP contribution < -0.4 is 0 Å². The molecular formula is C12H13NO2S2. The fourth-order valence-electron chi connectivity index (χ4n) is 1.43. The summed E-state index contributed by atoms with van der Waals surface area (Å²) in [4.78, 5) is 4.14. The molecule has 0 saturated carbocycles. The van der Waals surface area contributed by atoms with Gasteiger partial charge in [0.15, 0.2) is 9.84 Å². The smallest absolute Gasteiger partial charge is 0.177 e. The highest BCUT2D eigenvalue weighted by Crippen LogP contribution is 2.14. The van der Waals surface area contributed by atoms with Crippen molar-refractivity contribution in [3.05, 3.63) is 41.3 Å². The molecule has 0 aromatic heterocycles. The largest absolute Gasteiger partial charge is 0.281 e. The summed E-state index contributed by atoms with van der Waals surface area (Å²) < 4.78 is 23.6.